The Bertz CT molecular complexity index is 229. The summed E-state index contributed by atoms with van der Waals surface area (Å²) >= 11 is 0.871. The molecule has 0 saturated heterocycles. The minimum atomic E-state index is -0.880. The highest BCUT2D eigenvalue weighted by Crippen LogP contribution is 2.26. The molecule has 0 bridgehead atoms. The summed E-state index contributed by atoms with van der Waals surface area (Å²) in [5.41, 5.74) is 4.65. The van der Waals surface area contributed by atoms with Crippen LogP contribution in [0.15, 0.2) is 0 Å². The SMILES string of the molecule is CC.CC(CCC(C)(C)C(N)=O)SC(=O)O. The van der Waals surface area contributed by atoms with E-state index < -0.39 is 10.7 Å². The van der Waals surface area contributed by atoms with E-state index in [0.29, 0.717) is 12.8 Å². The quantitative estimate of drug-likeness (QED) is 0.784. The van der Waals surface area contributed by atoms with Gasteiger partial charge in [-0.25, -0.2) is 4.79 Å². The zero-order valence-corrected chi connectivity index (χ0v) is 11.6. The first kappa shape index (κ1) is 17.7. The van der Waals surface area contributed by atoms with Crippen LogP contribution in [0.5, 0.6) is 0 Å². The number of nitrogens with two attached hydrogens (primary N) is 1. The van der Waals surface area contributed by atoms with Gasteiger partial charge >= 0.3 is 5.30 Å². The lowest BCUT2D eigenvalue weighted by Crippen LogP contribution is -2.31. The molecule has 0 aliphatic carbocycles. The second kappa shape index (κ2) is 8.44. The molecule has 0 fully saturated rings. The molecule has 96 valence electrons. The van der Waals surface area contributed by atoms with Crippen molar-refractivity contribution in [1.29, 1.82) is 0 Å². The molecule has 0 aromatic carbocycles. The first-order chi connectivity index (χ1) is 7.25. The van der Waals surface area contributed by atoms with E-state index in [1.165, 1.54) is 0 Å². The Hall–Kier alpha value is -0.710. The molecular formula is C11H23NO3S. The highest BCUT2D eigenvalue weighted by atomic mass is 32.2. The summed E-state index contributed by atoms with van der Waals surface area (Å²) < 4.78 is 0. The molecule has 1 unspecified atom stereocenters. The summed E-state index contributed by atoms with van der Waals surface area (Å²) in [7, 11) is 0. The van der Waals surface area contributed by atoms with Gasteiger partial charge in [0.25, 0.3) is 0 Å². The lowest BCUT2D eigenvalue weighted by molar-refractivity contribution is -0.126. The fourth-order valence-electron chi connectivity index (χ4n) is 0.918. The van der Waals surface area contributed by atoms with Crippen LogP contribution in [0.1, 0.15) is 47.5 Å². The Morgan fingerprint density at radius 1 is 1.38 bits per heavy atom. The van der Waals surface area contributed by atoms with Gasteiger partial charge < -0.3 is 10.8 Å². The molecule has 0 aromatic heterocycles. The standard InChI is InChI=1S/C9H17NO3S.C2H6/c1-6(14-8(12)13)4-5-9(2,3)7(10)11;1-2/h6H,4-5H2,1-3H3,(H2,10,11)(H,12,13);1-2H3. The van der Waals surface area contributed by atoms with Crippen LogP contribution in [0.4, 0.5) is 4.79 Å². The molecule has 0 spiro atoms. The highest BCUT2D eigenvalue weighted by molar-refractivity contribution is 8.13. The Morgan fingerprint density at radius 2 is 1.81 bits per heavy atom. The summed E-state index contributed by atoms with van der Waals surface area (Å²) in [6, 6.07) is 0. The molecule has 5 heteroatoms. The fraction of sp³-hybridized carbons (Fsp3) is 0.818. The molecular weight excluding hydrogens is 226 g/mol. The van der Waals surface area contributed by atoms with E-state index in [1.807, 2.05) is 20.8 Å². The maximum Gasteiger partial charge on any atom is 0.365 e. The molecule has 4 nitrogen and oxygen atoms in total. The third kappa shape index (κ3) is 8.59. The van der Waals surface area contributed by atoms with Crippen molar-refractivity contribution in [2.24, 2.45) is 11.1 Å². The third-order valence-corrected chi connectivity index (χ3v) is 2.98. The summed E-state index contributed by atoms with van der Waals surface area (Å²) in [5.74, 6) is -0.343. The predicted octanol–water partition coefficient (Wildman–Crippen LogP) is 3.10. The van der Waals surface area contributed by atoms with Crippen LogP contribution in [0.3, 0.4) is 0 Å². The van der Waals surface area contributed by atoms with Crippen molar-refractivity contribution in [2.45, 2.75) is 52.7 Å². The molecule has 0 rings (SSSR count). The highest BCUT2D eigenvalue weighted by Gasteiger charge is 2.25. The third-order valence-electron chi connectivity index (χ3n) is 2.14. The van der Waals surface area contributed by atoms with Gasteiger partial charge in [0.1, 0.15) is 0 Å². The number of carbonyl (C=O) groups is 2. The second-order valence-corrected chi connectivity index (χ2v) is 5.37. The van der Waals surface area contributed by atoms with Crippen LogP contribution >= 0.6 is 11.8 Å². The summed E-state index contributed by atoms with van der Waals surface area (Å²) in [4.78, 5) is 21.3. The van der Waals surface area contributed by atoms with Gasteiger partial charge in [0.05, 0.1) is 0 Å². The number of primary amides is 1. The number of hydrogen-bond donors (Lipinski definition) is 2. The molecule has 1 atom stereocenters. The van der Waals surface area contributed by atoms with Gasteiger partial charge in [0.2, 0.25) is 5.91 Å². The average Bonchev–Trinajstić information content (AvgIpc) is 2.17. The Kier molecular flexibility index (Phi) is 9.33. The topological polar surface area (TPSA) is 80.4 Å². The first-order valence-corrected chi connectivity index (χ1v) is 6.33. The Morgan fingerprint density at radius 3 is 2.12 bits per heavy atom. The fourth-order valence-corrected chi connectivity index (χ4v) is 1.50. The molecule has 0 aliphatic rings. The zero-order valence-electron chi connectivity index (χ0n) is 10.7. The Balaban J connectivity index is 0. The van der Waals surface area contributed by atoms with Crippen molar-refractivity contribution in [3.63, 3.8) is 0 Å². The smallest absolute Gasteiger partial charge is 0.365 e. The number of rotatable bonds is 5. The van der Waals surface area contributed by atoms with E-state index in [2.05, 4.69) is 0 Å². The van der Waals surface area contributed by atoms with Crippen LogP contribution in [-0.2, 0) is 4.79 Å². The van der Waals surface area contributed by atoms with E-state index in [4.69, 9.17) is 10.8 Å². The maximum atomic E-state index is 11.0. The number of amides is 1. The van der Waals surface area contributed by atoms with Gasteiger partial charge in [-0.3, -0.25) is 4.79 Å². The Labute approximate surface area is 102 Å². The molecule has 0 aromatic rings. The summed E-state index contributed by atoms with van der Waals surface area (Å²) in [6.45, 7) is 9.37. The van der Waals surface area contributed by atoms with Gasteiger partial charge in [-0.15, -0.1) is 0 Å². The van der Waals surface area contributed by atoms with Crippen molar-refractivity contribution < 1.29 is 14.7 Å². The van der Waals surface area contributed by atoms with Gasteiger partial charge in [-0.1, -0.05) is 34.6 Å². The molecule has 1 amide bonds. The molecule has 3 N–H and O–H groups in total. The van der Waals surface area contributed by atoms with Crippen molar-refractivity contribution in [3.8, 4) is 0 Å². The van der Waals surface area contributed by atoms with E-state index in [-0.39, 0.29) is 11.2 Å². The van der Waals surface area contributed by atoms with Crippen molar-refractivity contribution in [2.75, 3.05) is 0 Å². The summed E-state index contributed by atoms with van der Waals surface area (Å²) in [6.07, 6.45) is 1.29. The average molecular weight is 249 g/mol. The minimum absolute atomic E-state index is 0.00567. The molecule has 0 radical (unpaired) electrons. The molecule has 0 heterocycles. The molecule has 0 aliphatic heterocycles. The van der Waals surface area contributed by atoms with Crippen molar-refractivity contribution >= 4 is 23.0 Å². The van der Waals surface area contributed by atoms with E-state index >= 15 is 0 Å². The van der Waals surface area contributed by atoms with Gasteiger partial charge in [0, 0.05) is 10.7 Å². The van der Waals surface area contributed by atoms with Crippen LogP contribution in [0.2, 0.25) is 0 Å². The van der Waals surface area contributed by atoms with Gasteiger partial charge in [-0.2, -0.15) is 0 Å². The zero-order chi connectivity index (χ0) is 13.4. The van der Waals surface area contributed by atoms with Crippen molar-refractivity contribution in [1.82, 2.24) is 0 Å². The van der Waals surface area contributed by atoms with E-state index in [1.54, 1.807) is 13.8 Å². The van der Waals surface area contributed by atoms with Crippen LogP contribution in [0, 0.1) is 5.41 Å². The molecule has 16 heavy (non-hydrogen) atoms. The number of thioether (sulfide) groups is 1. The number of carboxylic acid groups (broad SMARTS) is 1. The number of carbonyl (C=O) groups excluding carboxylic acids is 1. The van der Waals surface area contributed by atoms with E-state index in [0.717, 1.165) is 11.8 Å². The lowest BCUT2D eigenvalue weighted by Gasteiger charge is -2.21. The van der Waals surface area contributed by atoms with Crippen LogP contribution in [-0.4, -0.2) is 21.6 Å². The minimum Gasteiger partial charge on any atom is -0.473 e. The maximum absolute atomic E-state index is 11.0. The molecule has 0 saturated carbocycles. The number of hydrogen-bond acceptors (Lipinski definition) is 3. The monoisotopic (exact) mass is 249 g/mol. The van der Waals surface area contributed by atoms with Gasteiger partial charge in [0.15, 0.2) is 0 Å². The van der Waals surface area contributed by atoms with Crippen LogP contribution in [0.25, 0.3) is 0 Å². The summed E-state index contributed by atoms with van der Waals surface area (Å²) in [5, 5.41) is 7.62. The van der Waals surface area contributed by atoms with Crippen molar-refractivity contribution in [3.05, 3.63) is 0 Å². The van der Waals surface area contributed by atoms with Gasteiger partial charge in [-0.05, 0) is 24.6 Å². The lowest BCUT2D eigenvalue weighted by atomic mass is 9.86. The van der Waals surface area contributed by atoms with Crippen LogP contribution < -0.4 is 5.73 Å². The first-order valence-electron chi connectivity index (χ1n) is 5.45. The largest absolute Gasteiger partial charge is 0.473 e. The predicted molar refractivity (Wildman–Crippen MR) is 68.6 cm³/mol. The second-order valence-electron chi connectivity index (χ2n) is 3.98. The van der Waals surface area contributed by atoms with E-state index in [9.17, 15) is 9.59 Å². The normalized spacial score (nSPS) is 12.3.